The van der Waals surface area contributed by atoms with E-state index in [1.807, 2.05) is 19.0 Å². The standard InChI is InChI=1S/C14H16ClF3N6/c1-24(2)6-5-19-12-8-20-23-13(22-12)21-11-7-9(14(16,17)18)3-4-10(11)15/h3-4,7-8H,5-6H2,1-2H3,(H2,19,21,22,23). The molecule has 2 rings (SSSR count). The van der Waals surface area contributed by atoms with Gasteiger partial charge in [-0.2, -0.15) is 23.3 Å². The fourth-order valence-electron chi connectivity index (χ4n) is 1.77. The first kappa shape index (κ1) is 18.2. The largest absolute Gasteiger partial charge is 0.416 e. The number of halogens is 4. The van der Waals surface area contributed by atoms with Crippen molar-refractivity contribution in [3.05, 3.63) is 35.0 Å². The lowest BCUT2D eigenvalue weighted by atomic mass is 10.2. The molecular weight excluding hydrogens is 345 g/mol. The topological polar surface area (TPSA) is 66.0 Å². The number of nitrogens with one attached hydrogen (secondary N) is 2. The summed E-state index contributed by atoms with van der Waals surface area (Å²) in [5, 5.41) is 13.3. The van der Waals surface area contributed by atoms with E-state index in [1.54, 1.807) is 0 Å². The molecule has 0 fully saturated rings. The highest BCUT2D eigenvalue weighted by molar-refractivity contribution is 6.33. The summed E-state index contributed by atoms with van der Waals surface area (Å²) in [6, 6.07) is 2.98. The summed E-state index contributed by atoms with van der Waals surface area (Å²) in [6.45, 7) is 1.42. The molecule has 10 heteroatoms. The molecule has 2 aromatic rings. The van der Waals surface area contributed by atoms with Crippen LogP contribution in [-0.4, -0.2) is 47.3 Å². The van der Waals surface area contributed by atoms with Crippen molar-refractivity contribution in [1.82, 2.24) is 20.1 Å². The van der Waals surface area contributed by atoms with E-state index in [9.17, 15) is 13.2 Å². The number of alkyl halides is 3. The summed E-state index contributed by atoms with van der Waals surface area (Å²) in [5.41, 5.74) is -0.763. The lowest BCUT2D eigenvalue weighted by Crippen LogP contribution is -2.21. The van der Waals surface area contributed by atoms with Crippen LogP contribution in [0.4, 0.5) is 30.6 Å². The molecule has 0 saturated carbocycles. The van der Waals surface area contributed by atoms with E-state index >= 15 is 0 Å². The van der Waals surface area contributed by atoms with Crippen molar-refractivity contribution < 1.29 is 13.2 Å². The second-order valence-electron chi connectivity index (χ2n) is 5.21. The molecule has 0 radical (unpaired) electrons. The van der Waals surface area contributed by atoms with Crippen LogP contribution in [0.15, 0.2) is 24.4 Å². The van der Waals surface area contributed by atoms with Gasteiger partial charge in [0, 0.05) is 13.1 Å². The Morgan fingerprint density at radius 1 is 1.25 bits per heavy atom. The van der Waals surface area contributed by atoms with Crippen LogP contribution in [0.3, 0.4) is 0 Å². The predicted octanol–water partition coefficient (Wildman–Crippen LogP) is 3.26. The molecule has 1 aromatic heterocycles. The van der Waals surface area contributed by atoms with Gasteiger partial charge in [-0.1, -0.05) is 11.6 Å². The quantitative estimate of drug-likeness (QED) is 0.824. The zero-order chi connectivity index (χ0) is 17.7. The van der Waals surface area contributed by atoms with E-state index in [0.29, 0.717) is 12.4 Å². The predicted molar refractivity (Wildman–Crippen MR) is 86.6 cm³/mol. The van der Waals surface area contributed by atoms with E-state index in [4.69, 9.17) is 11.6 Å². The van der Waals surface area contributed by atoms with Crippen LogP contribution in [0.2, 0.25) is 5.02 Å². The minimum Gasteiger partial charge on any atom is -0.367 e. The van der Waals surface area contributed by atoms with Gasteiger partial charge < -0.3 is 15.5 Å². The monoisotopic (exact) mass is 360 g/mol. The molecule has 0 atom stereocenters. The van der Waals surface area contributed by atoms with E-state index in [-0.39, 0.29) is 16.7 Å². The third-order valence-electron chi connectivity index (χ3n) is 2.96. The van der Waals surface area contributed by atoms with Crippen LogP contribution >= 0.6 is 11.6 Å². The van der Waals surface area contributed by atoms with Crippen molar-refractivity contribution in [2.75, 3.05) is 37.8 Å². The van der Waals surface area contributed by atoms with Gasteiger partial charge in [-0.3, -0.25) is 0 Å². The van der Waals surface area contributed by atoms with Crippen LogP contribution in [0.1, 0.15) is 5.56 Å². The van der Waals surface area contributed by atoms with Crippen molar-refractivity contribution in [3.8, 4) is 0 Å². The molecule has 24 heavy (non-hydrogen) atoms. The second kappa shape index (κ2) is 7.63. The summed E-state index contributed by atoms with van der Waals surface area (Å²) in [5.74, 6) is 0.503. The Labute approximate surface area is 142 Å². The van der Waals surface area contributed by atoms with Gasteiger partial charge >= 0.3 is 6.18 Å². The number of aromatic nitrogens is 3. The first-order valence-electron chi connectivity index (χ1n) is 6.98. The highest BCUT2D eigenvalue weighted by atomic mass is 35.5. The van der Waals surface area contributed by atoms with Gasteiger partial charge in [-0.25, -0.2) is 0 Å². The minimum absolute atomic E-state index is 0.0473. The molecular formula is C14H16ClF3N6. The molecule has 130 valence electrons. The van der Waals surface area contributed by atoms with Gasteiger partial charge in [0.05, 0.1) is 22.5 Å². The maximum Gasteiger partial charge on any atom is 0.416 e. The van der Waals surface area contributed by atoms with E-state index in [0.717, 1.165) is 18.7 Å². The lowest BCUT2D eigenvalue weighted by molar-refractivity contribution is -0.137. The minimum atomic E-state index is -4.46. The molecule has 1 aromatic carbocycles. The van der Waals surface area contributed by atoms with E-state index < -0.39 is 11.7 Å². The van der Waals surface area contributed by atoms with Crippen molar-refractivity contribution >= 4 is 29.1 Å². The average Bonchev–Trinajstić information content (AvgIpc) is 2.48. The summed E-state index contributed by atoms with van der Waals surface area (Å²) < 4.78 is 38.3. The van der Waals surface area contributed by atoms with Crippen LogP contribution in [0.25, 0.3) is 0 Å². The van der Waals surface area contributed by atoms with Crippen LogP contribution in [-0.2, 0) is 6.18 Å². The highest BCUT2D eigenvalue weighted by Gasteiger charge is 2.31. The number of hydrogen-bond donors (Lipinski definition) is 2. The third-order valence-corrected chi connectivity index (χ3v) is 3.29. The number of nitrogens with zero attached hydrogens (tertiary/aromatic N) is 4. The first-order chi connectivity index (χ1) is 11.3. The van der Waals surface area contributed by atoms with Gasteiger partial charge in [-0.05, 0) is 32.3 Å². The molecule has 0 bridgehead atoms. The van der Waals surface area contributed by atoms with Crippen LogP contribution in [0.5, 0.6) is 0 Å². The van der Waals surface area contributed by atoms with Crippen molar-refractivity contribution in [3.63, 3.8) is 0 Å². The second-order valence-corrected chi connectivity index (χ2v) is 5.62. The smallest absolute Gasteiger partial charge is 0.367 e. The molecule has 0 amide bonds. The van der Waals surface area contributed by atoms with E-state index in [2.05, 4.69) is 25.8 Å². The molecule has 0 spiro atoms. The number of rotatable bonds is 6. The molecule has 0 unspecified atom stereocenters. The summed E-state index contributed by atoms with van der Waals surface area (Å²) in [4.78, 5) is 6.13. The number of likely N-dealkylation sites (N-methyl/N-ethyl adjacent to an activating group) is 1. The van der Waals surface area contributed by atoms with Gasteiger partial charge in [0.25, 0.3) is 0 Å². The van der Waals surface area contributed by atoms with Crippen molar-refractivity contribution in [2.45, 2.75) is 6.18 Å². The Morgan fingerprint density at radius 2 is 2.00 bits per heavy atom. The summed E-state index contributed by atoms with van der Waals surface area (Å²) in [6.07, 6.45) is -3.04. The lowest BCUT2D eigenvalue weighted by Gasteiger charge is -2.12. The molecule has 0 saturated heterocycles. The molecule has 0 aliphatic heterocycles. The van der Waals surface area contributed by atoms with E-state index in [1.165, 1.54) is 12.3 Å². The number of anilines is 3. The molecule has 0 aliphatic rings. The fraction of sp³-hybridized carbons (Fsp3) is 0.357. The molecule has 1 heterocycles. The van der Waals surface area contributed by atoms with Crippen molar-refractivity contribution in [1.29, 1.82) is 0 Å². The van der Waals surface area contributed by atoms with Crippen molar-refractivity contribution in [2.24, 2.45) is 0 Å². The number of hydrogen-bond acceptors (Lipinski definition) is 6. The Morgan fingerprint density at radius 3 is 2.67 bits per heavy atom. The maximum atomic E-state index is 12.8. The highest BCUT2D eigenvalue weighted by Crippen LogP contribution is 2.34. The first-order valence-corrected chi connectivity index (χ1v) is 7.35. The van der Waals surface area contributed by atoms with Gasteiger partial charge in [0.1, 0.15) is 0 Å². The normalized spacial score (nSPS) is 11.6. The zero-order valence-electron chi connectivity index (χ0n) is 13.0. The Hall–Kier alpha value is -2.13. The van der Waals surface area contributed by atoms with Gasteiger partial charge in [-0.15, -0.1) is 5.10 Å². The third kappa shape index (κ3) is 5.20. The SMILES string of the molecule is CN(C)CCNc1cnnc(Nc2cc(C(F)(F)F)ccc2Cl)n1. The van der Waals surface area contributed by atoms with Gasteiger partial charge in [0.2, 0.25) is 5.95 Å². The average molecular weight is 361 g/mol. The van der Waals surface area contributed by atoms with Gasteiger partial charge in [0.15, 0.2) is 5.82 Å². The zero-order valence-corrected chi connectivity index (χ0v) is 13.8. The van der Waals surface area contributed by atoms with Crippen LogP contribution < -0.4 is 10.6 Å². The number of benzene rings is 1. The summed E-state index contributed by atoms with van der Waals surface area (Å²) in [7, 11) is 3.87. The maximum absolute atomic E-state index is 12.8. The Kier molecular flexibility index (Phi) is 5.79. The Bertz CT molecular complexity index is 692. The molecule has 0 aliphatic carbocycles. The van der Waals surface area contributed by atoms with Crippen LogP contribution in [0, 0.1) is 0 Å². The Balaban J connectivity index is 2.13. The summed E-state index contributed by atoms with van der Waals surface area (Å²) >= 11 is 5.93. The fourth-order valence-corrected chi connectivity index (χ4v) is 1.93. The molecule has 2 N–H and O–H groups in total. The molecule has 6 nitrogen and oxygen atoms in total.